The van der Waals surface area contributed by atoms with Crippen LogP contribution in [0.4, 0.5) is 0 Å². The number of hydrogen-bond donors (Lipinski definition) is 3. The van der Waals surface area contributed by atoms with Crippen LogP contribution in [-0.2, 0) is 5.60 Å². The van der Waals surface area contributed by atoms with Gasteiger partial charge in [0.25, 0.3) is 0 Å². The second-order valence-electron chi connectivity index (χ2n) is 4.57. The molecular formula is C12H16ClNO2. The lowest BCUT2D eigenvalue weighted by atomic mass is 9.74. The van der Waals surface area contributed by atoms with E-state index < -0.39 is 11.2 Å². The van der Waals surface area contributed by atoms with E-state index in [1.807, 2.05) is 0 Å². The van der Waals surface area contributed by atoms with Crippen molar-refractivity contribution in [3.8, 4) is 0 Å². The molecule has 0 aliphatic carbocycles. The zero-order valence-electron chi connectivity index (χ0n) is 9.20. The van der Waals surface area contributed by atoms with Gasteiger partial charge in [0.15, 0.2) is 0 Å². The van der Waals surface area contributed by atoms with Crippen LogP contribution in [0, 0.1) is 0 Å². The standard InChI is InChI=1S/C12H16ClNO2/c1-11(15)8-14-7-6-12(11,16)9-2-4-10(13)5-3-9/h2-5,14-16H,6-8H2,1H3/t11-,12+/m0/s1. The zero-order chi connectivity index (χ0) is 11.8. The molecule has 2 rings (SSSR count). The van der Waals surface area contributed by atoms with E-state index in [9.17, 15) is 10.2 Å². The number of nitrogens with one attached hydrogen (secondary N) is 1. The summed E-state index contributed by atoms with van der Waals surface area (Å²) < 4.78 is 0. The van der Waals surface area contributed by atoms with E-state index in [0.29, 0.717) is 30.1 Å². The molecule has 0 amide bonds. The molecule has 1 aliphatic rings. The van der Waals surface area contributed by atoms with Crippen LogP contribution in [0.25, 0.3) is 0 Å². The summed E-state index contributed by atoms with van der Waals surface area (Å²) in [4.78, 5) is 0. The molecule has 1 aliphatic heterocycles. The Balaban J connectivity index is 2.39. The Kier molecular flexibility index (Phi) is 2.97. The quantitative estimate of drug-likeness (QED) is 0.694. The highest BCUT2D eigenvalue weighted by atomic mass is 35.5. The van der Waals surface area contributed by atoms with Gasteiger partial charge in [0, 0.05) is 11.6 Å². The minimum atomic E-state index is -1.21. The Morgan fingerprint density at radius 1 is 1.25 bits per heavy atom. The average Bonchev–Trinajstić information content (AvgIpc) is 2.23. The molecule has 0 saturated carbocycles. The van der Waals surface area contributed by atoms with Crippen molar-refractivity contribution in [1.82, 2.24) is 5.32 Å². The van der Waals surface area contributed by atoms with Crippen LogP contribution in [-0.4, -0.2) is 28.9 Å². The topological polar surface area (TPSA) is 52.5 Å². The van der Waals surface area contributed by atoms with Crippen LogP contribution in [0.5, 0.6) is 0 Å². The first-order chi connectivity index (χ1) is 7.46. The van der Waals surface area contributed by atoms with Crippen LogP contribution < -0.4 is 5.32 Å². The smallest absolute Gasteiger partial charge is 0.120 e. The van der Waals surface area contributed by atoms with Crippen molar-refractivity contribution in [2.75, 3.05) is 13.1 Å². The van der Waals surface area contributed by atoms with Gasteiger partial charge in [0.05, 0.1) is 0 Å². The average molecular weight is 242 g/mol. The van der Waals surface area contributed by atoms with Gasteiger partial charge in [-0.25, -0.2) is 0 Å². The summed E-state index contributed by atoms with van der Waals surface area (Å²) in [5.41, 5.74) is -1.66. The fourth-order valence-electron chi connectivity index (χ4n) is 2.20. The largest absolute Gasteiger partial charge is 0.385 e. The van der Waals surface area contributed by atoms with Gasteiger partial charge in [0.2, 0.25) is 0 Å². The summed E-state index contributed by atoms with van der Waals surface area (Å²) in [6.45, 7) is 2.72. The van der Waals surface area contributed by atoms with E-state index in [4.69, 9.17) is 11.6 Å². The summed E-state index contributed by atoms with van der Waals surface area (Å²) in [5, 5.41) is 24.6. The molecular weight excluding hydrogens is 226 g/mol. The van der Waals surface area contributed by atoms with Crippen molar-refractivity contribution in [3.05, 3.63) is 34.9 Å². The number of rotatable bonds is 1. The van der Waals surface area contributed by atoms with Gasteiger partial charge >= 0.3 is 0 Å². The van der Waals surface area contributed by atoms with Gasteiger partial charge in [-0.3, -0.25) is 0 Å². The molecule has 4 heteroatoms. The highest BCUT2D eigenvalue weighted by Crippen LogP contribution is 2.38. The fourth-order valence-corrected chi connectivity index (χ4v) is 2.32. The Morgan fingerprint density at radius 2 is 1.88 bits per heavy atom. The maximum Gasteiger partial charge on any atom is 0.120 e. The molecule has 0 spiro atoms. The van der Waals surface area contributed by atoms with Crippen molar-refractivity contribution < 1.29 is 10.2 Å². The van der Waals surface area contributed by atoms with E-state index >= 15 is 0 Å². The summed E-state index contributed by atoms with van der Waals surface area (Å²) >= 11 is 5.81. The van der Waals surface area contributed by atoms with Crippen molar-refractivity contribution >= 4 is 11.6 Å². The van der Waals surface area contributed by atoms with Crippen LogP contribution in [0.2, 0.25) is 5.02 Å². The monoisotopic (exact) mass is 241 g/mol. The predicted molar refractivity (Wildman–Crippen MR) is 63.5 cm³/mol. The zero-order valence-corrected chi connectivity index (χ0v) is 9.96. The second kappa shape index (κ2) is 4.00. The third-order valence-electron chi connectivity index (χ3n) is 3.35. The minimum absolute atomic E-state index is 0.381. The number of halogens is 1. The SMILES string of the molecule is C[C@]1(O)CNCC[C@@]1(O)c1ccc(Cl)cc1. The molecule has 3 nitrogen and oxygen atoms in total. The first-order valence-electron chi connectivity index (χ1n) is 5.37. The molecule has 3 N–H and O–H groups in total. The molecule has 0 aromatic heterocycles. The van der Waals surface area contributed by atoms with Gasteiger partial charge in [0.1, 0.15) is 11.2 Å². The van der Waals surface area contributed by atoms with Gasteiger partial charge in [-0.1, -0.05) is 23.7 Å². The number of β-amino-alcohol motifs (C(OH)–C–C–N with tert-alkyl or cyclic N) is 1. The minimum Gasteiger partial charge on any atom is -0.385 e. The maximum atomic E-state index is 10.6. The third-order valence-corrected chi connectivity index (χ3v) is 3.60. The van der Waals surface area contributed by atoms with E-state index in [1.54, 1.807) is 31.2 Å². The molecule has 1 saturated heterocycles. The van der Waals surface area contributed by atoms with Crippen molar-refractivity contribution in [2.45, 2.75) is 24.5 Å². The highest BCUT2D eigenvalue weighted by molar-refractivity contribution is 6.30. The first kappa shape index (κ1) is 11.9. The van der Waals surface area contributed by atoms with E-state index in [-0.39, 0.29) is 0 Å². The van der Waals surface area contributed by atoms with Gasteiger partial charge in [-0.05, 0) is 37.6 Å². The lowest BCUT2D eigenvalue weighted by Crippen LogP contribution is -2.60. The normalized spacial score (nSPS) is 35.0. The molecule has 2 atom stereocenters. The Morgan fingerprint density at radius 3 is 2.44 bits per heavy atom. The lowest BCUT2D eigenvalue weighted by molar-refractivity contribution is -0.162. The maximum absolute atomic E-state index is 10.6. The van der Waals surface area contributed by atoms with Crippen molar-refractivity contribution in [2.24, 2.45) is 0 Å². The highest BCUT2D eigenvalue weighted by Gasteiger charge is 2.48. The van der Waals surface area contributed by atoms with Gasteiger partial charge in [-0.15, -0.1) is 0 Å². The third kappa shape index (κ3) is 1.84. The number of aliphatic hydroxyl groups is 2. The molecule has 88 valence electrons. The summed E-state index contributed by atoms with van der Waals surface area (Å²) in [6.07, 6.45) is 0.488. The van der Waals surface area contributed by atoms with Gasteiger partial charge in [-0.2, -0.15) is 0 Å². The number of benzene rings is 1. The lowest BCUT2D eigenvalue weighted by Gasteiger charge is -2.45. The first-order valence-corrected chi connectivity index (χ1v) is 5.75. The molecule has 0 bridgehead atoms. The summed E-state index contributed by atoms with van der Waals surface area (Å²) in [5.74, 6) is 0. The second-order valence-corrected chi connectivity index (χ2v) is 5.00. The van der Waals surface area contributed by atoms with Crippen LogP contribution in [0.15, 0.2) is 24.3 Å². The van der Waals surface area contributed by atoms with E-state index in [1.165, 1.54) is 0 Å². The van der Waals surface area contributed by atoms with Crippen LogP contribution in [0.3, 0.4) is 0 Å². The van der Waals surface area contributed by atoms with Crippen LogP contribution in [0.1, 0.15) is 18.9 Å². The number of piperidine rings is 1. The Bertz CT molecular complexity index is 377. The van der Waals surface area contributed by atoms with Crippen molar-refractivity contribution in [3.63, 3.8) is 0 Å². The van der Waals surface area contributed by atoms with Gasteiger partial charge < -0.3 is 15.5 Å². The fraction of sp³-hybridized carbons (Fsp3) is 0.500. The molecule has 1 aromatic rings. The molecule has 1 fully saturated rings. The van der Waals surface area contributed by atoms with E-state index in [0.717, 1.165) is 0 Å². The predicted octanol–water partition coefficient (Wildman–Crippen LogP) is 1.27. The summed E-state index contributed by atoms with van der Waals surface area (Å²) in [6, 6.07) is 6.99. The summed E-state index contributed by atoms with van der Waals surface area (Å²) in [7, 11) is 0. The van der Waals surface area contributed by atoms with E-state index in [2.05, 4.69) is 5.32 Å². The van der Waals surface area contributed by atoms with Crippen molar-refractivity contribution in [1.29, 1.82) is 0 Å². The molecule has 1 heterocycles. The number of hydrogen-bond acceptors (Lipinski definition) is 3. The Hall–Kier alpha value is -0.610. The molecule has 0 unspecified atom stereocenters. The molecule has 1 aromatic carbocycles. The van der Waals surface area contributed by atoms with Crippen LogP contribution >= 0.6 is 11.6 Å². The Labute approximate surface area is 100 Å². The molecule has 16 heavy (non-hydrogen) atoms. The molecule has 0 radical (unpaired) electrons.